The van der Waals surface area contributed by atoms with Crippen molar-refractivity contribution in [1.82, 2.24) is 14.5 Å². The highest BCUT2D eigenvalue weighted by molar-refractivity contribution is 6.18. The summed E-state index contributed by atoms with van der Waals surface area (Å²) < 4.78 is 14.9. The highest BCUT2D eigenvalue weighted by atomic mass is 16.3. The minimum Gasteiger partial charge on any atom is -0.456 e. The van der Waals surface area contributed by atoms with Gasteiger partial charge in [0.1, 0.15) is 16.7 Å². The van der Waals surface area contributed by atoms with Crippen LogP contribution in [0.25, 0.3) is 83.0 Å². The lowest BCUT2D eigenvalue weighted by molar-refractivity contribution is 0.653. The Bertz CT molecular complexity index is 2390. The van der Waals surface area contributed by atoms with Crippen LogP contribution < -0.4 is 0 Å². The Labute approximate surface area is 221 Å². The summed E-state index contributed by atoms with van der Waals surface area (Å²) in [6.45, 7) is 0. The van der Waals surface area contributed by atoms with Crippen LogP contribution in [0.5, 0.6) is 0 Å². The van der Waals surface area contributed by atoms with Gasteiger partial charge in [0.2, 0.25) is 5.71 Å². The van der Waals surface area contributed by atoms with Crippen LogP contribution in [0.2, 0.25) is 0 Å². The van der Waals surface area contributed by atoms with E-state index in [1.54, 1.807) is 0 Å². The van der Waals surface area contributed by atoms with Crippen molar-refractivity contribution < 1.29 is 8.83 Å². The van der Waals surface area contributed by atoms with Crippen LogP contribution in [0.1, 0.15) is 0 Å². The van der Waals surface area contributed by atoms with Gasteiger partial charge >= 0.3 is 0 Å². The van der Waals surface area contributed by atoms with Crippen LogP contribution in [0.4, 0.5) is 0 Å². The predicted octanol–water partition coefficient (Wildman–Crippen LogP) is 9.04. The molecule has 4 heterocycles. The third kappa shape index (κ3) is 2.84. The van der Waals surface area contributed by atoms with Gasteiger partial charge in [0.05, 0.1) is 16.4 Å². The van der Waals surface area contributed by atoms with E-state index in [1.165, 1.54) is 0 Å². The van der Waals surface area contributed by atoms with Gasteiger partial charge in [0.25, 0.3) is 0 Å². The van der Waals surface area contributed by atoms with E-state index in [0.29, 0.717) is 11.5 Å². The Kier molecular flexibility index (Phi) is 3.99. The Morgan fingerprint density at radius 1 is 0.487 bits per heavy atom. The molecule has 0 aliphatic heterocycles. The molecule has 0 amide bonds. The van der Waals surface area contributed by atoms with Gasteiger partial charge in [-0.15, -0.1) is 0 Å². The van der Waals surface area contributed by atoms with Gasteiger partial charge in [-0.2, -0.15) is 4.98 Å². The summed E-state index contributed by atoms with van der Waals surface area (Å²) in [5.41, 5.74) is 6.10. The second kappa shape index (κ2) is 7.55. The van der Waals surface area contributed by atoms with E-state index >= 15 is 0 Å². The van der Waals surface area contributed by atoms with Crippen LogP contribution in [0, 0.1) is 0 Å². The van der Waals surface area contributed by atoms with E-state index in [-0.39, 0.29) is 0 Å². The Hall–Kier alpha value is -5.42. The van der Waals surface area contributed by atoms with Crippen LogP contribution in [-0.2, 0) is 0 Å². The van der Waals surface area contributed by atoms with Crippen molar-refractivity contribution >= 4 is 65.8 Å². The lowest BCUT2D eigenvalue weighted by atomic mass is 10.1. The molecule has 0 saturated carbocycles. The maximum absolute atomic E-state index is 6.32. The smallest absolute Gasteiger partial charge is 0.233 e. The number of benzene rings is 5. The maximum Gasteiger partial charge on any atom is 0.233 e. The predicted molar refractivity (Wildman–Crippen MR) is 156 cm³/mol. The van der Waals surface area contributed by atoms with E-state index in [4.69, 9.17) is 18.8 Å². The first-order chi connectivity index (χ1) is 19.3. The van der Waals surface area contributed by atoms with Gasteiger partial charge in [0.15, 0.2) is 11.6 Å². The van der Waals surface area contributed by atoms with Crippen molar-refractivity contribution in [3.63, 3.8) is 0 Å². The number of nitrogens with zero attached hydrogens (tertiary/aromatic N) is 3. The van der Waals surface area contributed by atoms with Crippen LogP contribution in [0.15, 0.2) is 124 Å². The highest BCUT2D eigenvalue weighted by Crippen LogP contribution is 2.41. The quantitative estimate of drug-likeness (QED) is 0.237. The van der Waals surface area contributed by atoms with Crippen LogP contribution in [-0.4, -0.2) is 14.5 Å². The summed E-state index contributed by atoms with van der Waals surface area (Å²) >= 11 is 0. The number of rotatable bonds is 2. The van der Waals surface area contributed by atoms with Crippen molar-refractivity contribution in [2.45, 2.75) is 0 Å². The minimum atomic E-state index is 0.566. The minimum absolute atomic E-state index is 0.566. The third-order valence-electron chi connectivity index (χ3n) is 7.63. The number of para-hydroxylation sites is 3. The number of hydrogen-bond acceptors (Lipinski definition) is 4. The molecule has 0 radical (unpaired) electrons. The van der Waals surface area contributed by atoms with Crippen molar-refractivity contribution in [1.29, 1.82) is 0 Å². The summed E-state index contributed by atoms with van der Waals surface area (Å²) in [6.07, 6.45) is 0. The molecule has 0 unspecified atom stereocenters. The van der Waals surface area contributed by atoms with E-state index in [0.717, 1.165) is 71.5 Å². The lowest BCUT2D eigenvalue weighted by Gasteiger charge is -2.10. The molecule has 5 heteroatoms. The maximum atomic E-state index is 6.32. The molecule has 0 spiro atoms. The average Bonchev–Trinajstić information content (AvgIpc) is 3.65. The zero-order valence-corrected chi connectivity index (χ0v) is 20.6. The number of fused-ring (bicyclic) bond motifs is 9. The first-order valence-electron chi connectivity index (χ1n) is 12.9. The summed E-state index contributed by atoms with van der Waals surface area (Å²) in [5.74, 6) is 1.40. The van der Waals surface area contributed by atoms with Gasteiger partial charge in [-0.3, -0.25) is 4.57 Å². The normalized spacial score (nSPS) is 12.1. The van der Waals surface area contributed by atoms with E-state index in [1.807, 2.05) is 60.7 Å². The number of aromatic nitrogens is 3. The van der Waals surface area contributed by atoms with Gasteiger partial charge in [-0.1, -0.05) is 84.9 Å². The Morgan fingerprint density at radius 3 is 2.03 bits per heavy atom. The molecular formula is C34H19N3O2. The largest absolute Gasteiger partial charge is 0.456 e. The molecule has 0 atom stereocenters. The molecule has 39 heavy (non-hydrogen) atoms. The lowest BCUT2D eigenvalue weighted by Crippen LogP contribution is -2.01. The molecule has 9 rings (SSSR count). The monoisotopic (exact) mass is 501 g/mol. The molecule has 182 valence electrons. The highest BCUT2D eigenvalue weighted by Gasteiger charge is 2.22. The molecule has 0 N–H and O–H groups in total. The SMILES string of the molecule is c1ccc(-c2nc(-n3c4ccccc4c4cc5c(cc43)oc3ccccc35)c3c(n2)oc2ccccc23)cc1. The fraction of sp³-hybridized carbons (Fsp3) is 0. The Morgan fingerprint density at radius 2 is 1.18 bits per heavy atom. The standard InChI is InChI=1S/C34H19N3O2/c1-2-10-20(11-3-1)32-35-33(31-23-14-6-9-17-29(23)39-34(31)36-32)37-26-15-7-4-12-21(26)24-18-25-22-13-5-8-16-28(22)38-30(25)19-27(24)37/h1-19H. The van der Waals surface area contributed by atoms with Crippen molar-refractivity contribution in [3.05, 3.63) is 115 Å². The third-order valence-corrected chi connectivity index (χ3v) is 7.63. The van der Waals surface area contributed by atoms with Gasteiger partial charge in [0, 0.05) is 38.6 Å². The molecule has 5 nitrogen and oxygen atoms in total. The first-order valence-corrected chi connectivity index (χ1v) is 12.9. The first kappa shape index (κ1) is 20.6. The van der Waals surface area contributed by atoms with Crippen LogP contribution in [0.3, 0.4) is 0 Å². The fourth-order valence-corrected chi connectivity index (χ4v) is 5.90. The molecule has 0 bridgehead atoms. The summed E-state index contributed by atoms with van der Waals surface area (Å²) in [6, 6.07) is 39.2. The molecule has 0 fully saturated rings. The van der Waals surface area contributed by atoms with E-state index in [2.05, 4.69) is 59.2 Å². The fourth-order valence-electron chi connectivity index (χ4n) is 5.90. The zero-order valence-electron chi connectivity index (χ0n) is 20.6. The second-order valence-corrected chi connectivity index (χ2v) is 9.83. The molecule has 0 aliphatic rings. The molecule has 4 aromatic heterocycles. The summed E-state index contributed by atoms with van der Waals surface area (Å²) in [4.78, 5) is 10.1. The van der Waals surface area contributed by atoms with E-state index < -0.39 is 0 Å². The molecule has 0 saturated heterocycles. The summed E-state index contributed by atoms with van der Waals surface area (Å²) in [7, 11) is 0. The summed E-state index contributed by atoms with van der Waals surface area (Å²) in [5, 5.41) is 6.39. The average molecular weight is 502 g/mol. The van der Waals surface area contributed by atoms with Gasteiger partial charge in [-0.05, 0) is 24.3 Å². The van der Waals surface area contributed by atoms with Gasteiger partial charge < -0.3 is 8.83 Å². The number of furan rings is 2. The molecule has 9 aromatic rings. The van der Waals surface area contributed by atoms with Crippen molar-refractivity contribution in [2.75, 3.05) is 0 Å². The number of hydrogen-bond donors (Lipinski definition) is 0. The van der Waals surface area contributed by atoms with Crippen molar-refractivity contribution in [2.24, 2.45) is 0 Å². The zero-order chi connectivity index (χ0) is 25.5. The second-order valence-electron chi connectivity index (χ2n) is 9.83. The Balaban J connectivity index is 1.48. The van der Waals surface area contributed by atoms with Crippen LogP contribution >= 0.6 is 0 Å². The molecular weight excluding hydrogens is 482 g/mol. The van der Waals surface area contributed by atoms with Gasteiger partial charge in [-0.25, -0.2) is 4.98 Å². The molecule has 5 aromatic carbocycles. The van der Waals surface area contributed by atoms with Crippen molar-refractivity contribution in [3.8, 4) is 17.2 Å². The van der Waals surface area contributed by atoms with E-state index in [9.17, 15) is 0 Å². The molecule has 0 aliphatic carbocycles. The topological polar surface area (TPSA) is 57.0 Å².